The second-order valence-electron chi connectivity index (χ2n) is 8.28. The average Bonchev–Trinajstić information content (AvgIpc) is 2.97. The molecule has 0 bridgehead atoms. The second-order valence-corrected chi connectivity index (χ2v) is 8.71. The van der Waals surface area contributed by atoms with Gasteiger partial charge < -0.3 is 9.47 Å². The fourth-order valence-corrected chi connectivity index (χ4v) is 4.29. The highest BCUT2D eigenvalue weighted by molar-refractivity contribution is 6.30. The van der Waals surface area contributed by atoms with Crippen molar-refractivity contribution >= 4 is 28.7 Å². The highest BCUT2D eigenvalue weighted by Crippen LogP contribution is 2.31. The third-order valence-corrected chi connectivity index (χ3v) is 6.30. The largest absolute Gasteiger partial charge is 0.496 e. The van der Waals surface area contributed by atoms with Crippen LogP contribution < -0.4 is 20.6 Å². The molecule has 0 amide bonds. The van der Waals surface area contributed by atoms with Crippen LogP contribution in [0.15, 0.2) is 93.6 Å². The molecule has 0 fully saturated rings. The molecule has 0 radical (unpaired) electrons. The van der Waals surface area contributed by atoms with Crippen molar-refractivity contribution in [3.63, 3.8) is 0 Å². The van der Waals surface area contributed by atoms with Crippen molar-refractivity contribution in [2.45, 2.75) is 0 Å². The van der Waals surface area contributed by atoms with Crippen LogP contribution in [-0.4, -0.2) is 34.9 Å². The van der Waals surface area contributed by atoms with Crippen molar-refractivity contribution in [1.29, 1.82) is 5.26 Å². The molecule has 5 aromatic rings. The zero-order valence-electron chi connectivity index (χ0n) is 20.8. The number of hydrogen-bond acceptors (Lipinski definition) is 7. The van der Waals surface area contributed by atoms with Gasteiger partial charge in [0.2, 0.25) is 0 Å². The molecule has 0 atom stereocenters. The lowest BCUT2D eigenvalue weighted by Gasteiger charge is -2.14. The highest BCUT2D eigenvalue weighted by Gasteiger charge is 2.21. The minimum absolute atomic E-state index is 0.0994. The van der Waals surface area contributed by atoms with E-state index in [2.05, 4.69) is 10.2 Å². The maximum absolute atomic E-state index is 14.0. The van der Waals surface area contributed by atoms with Crippen LogP contribution in [0.25, 0.3) is 27.8 Å². The van der Waals surface area contributed by atoms with E-state index in [1.54, 1.807) is 73.8 Å². The standard InChI is InChI=1S/C29H20ClN5O4/c1-38-25-9-5-3-7-18(25)17-32-35-24(21-8-4-6-10-26(21)39-2)15-22-23(16-31)28(36)34(33-27(22)29(35)37)20-13-11-19(30)12-14-20/h3-15,17H,1-2H3. The highest BCUT2D eigenvalue weighted by atomic mass is 35.5. The van der Waals surface area contributed by atoms with Gasteiger partial charge in [0.05, 0.1) is 31.8 Å². The van der Waals surface area contributed by atoms with Gasteiger partial charge in [-0.2, -0.15) is 24.8 Å². The molecule has 0 N–H and O–H groups in total. The van der Waals surface area contributed by atoms with E-state index < -0.39 is 11.1 Å². The number of methoxy groups -OCH3 is 2. The summed E-state index contributed by atoms with van der Waals surface area (Å²) < 4.78 is 13.1. The molecule has 2 aromatic heterocycles. The zero-order chi connectivity index (χ0) is 27.5. The zero-order valence-corrected chi connectivity index (χ0v) is 21.6. The Bertz CT molecular complexity index is 1900. The summed E-state index contributed by atoms with van der Waals surface area (Å²) in [7, 11) is 3.05. The van der Waals surface area contributed by atoms with Gasteiger partial charge in [-0.25, -0.2) is 0 Å². The lowest BCUT2D eigenvalue weighted by molar-refractivity contribution is 0.414. The fourth-order valence-electron chi connectivity index (χ4n) is 4.17. The van der Waals surface area contributed by atoms with Crippen molar-refractivity contribution < 1.29 is 9.47 Å². The molecule has 0 spiro atoms. The molecule has 0 saturated carbocycles. The van der Waals surface area contributed by atoms with Gasteiger partial charge in [-0.1, -0.05) is 35.9 Å². The lowest BCUT2D eigenvalue weighted by Crippen LogP contribution is -2.29. The Balaban J connectivity index is 1.86. The van der Waals surface area contributed by atoms with E-state index in [0.29, 0.717) is 39.0 Å². The van der Waals surface area contributed by atoms with Crippen LogP contribution in [0.3, 0.4) is 0 Å². The molecule has 192 valence electrons. The van der Waals surface area contributed by atoms with Crippen LogP contribution in [0.5, 0.6) is 11.5 Å². The minimum atomic E-state index is -0.673. The number of ether oxygens (including phenoxy) is 2. The number of halogens is 1. The van der Waals surface area contributed by atoms with Gasteiger partial charge >= 0.3 is 0 Å². The number of hydrogen-bond donors (Lipinski definition) is 0. The minimum Gasteiger partial charge on any atom is -0.496 e. The van der Waals surface area contributed by atoms with Crippen LogP contribution in [0.4, 0.5) is 0 Å². The third kappa shape index (κ3) is 4.65. The molecule has 39 heavy (non-hydrogen) atoms. The first kappa shape index (κ1) is 25.4. The van der Waals surface area contributed by atoms with Gasteiger partial charge in [0.25, 0.3) is 11.1 Å². The van der Waals surface area contributed by atoms with Crippen LogP contribution in [-0.2, 0) is 0 Å². The van der Waals surface area contributed by atoms with E-state index in [1.807, 2.05) is 18.2 Å². The topological polar surface area (TPSA) is 112 Å². The van der Waals surface area contributed by atoms with E-state index in [4.69, 9.17) is 21.1 Å². The quantitative estimate of drug-likeness (QED) is 0.292. The second kappa shape index (κ2) is 10.7. The summed E-state index contributed by atoms with van der Waals surface area (Å²) in [6.07, 6.45) is 1.49. The predicted molar refractivity (Wildman–Crippen MR) is 149 cm³/mol. The average molecular weight is 538 g/mol. The maximum atomic E-state index is 14.0. The number of fused-ring (bicyclic) bond motifs is 1. The molecule has 0 aliphatic carbocycles. The van der Waals surface area contributed by atoms with Crippen molar-refractivity contribution in [2.75, 3.05) is 14.2 Å². The number of para-hydroxylation sites is 2. The summed E-state index contributed by atoms with van der Waals surface area (Å²) in [6, 6.07) is 24.1. The molecule has 0 unspecified atom stereocenters. The van der Waals surface area contributed by atoms with Crippen molar-refractivity contribution in [1.82, 2.24) is 14.5 Å². The van der Waals surface area contributed by atoms with Crippen molar-refractivity contribution in [3.8, 4) is 34.5 Å². The van der Waals surface area contributed by atoms with Crippen LogP contribution >= 0.6 is 11.6 Å². The molecule has 3 aromatic carbocycles. The Kier molecular flexibility index (Phi) is 6.95. The Morgan fingerprint density at radius 3 is 2.28 bits per heavy atom. The van der Waals surface area contributed by atoms with Crippen molar-refractivity contribution in [3.05, 3.63) is 116 Å². The van der Waals surface area contributed by atoms with E-state index in [-0.39, 0.29) is 16.5 Å². The summed E-state index contributed by atoms with van der Waals surface area (Å²) in [5, 5.41) is 19.4. The molecule has 5 rings (SSSR count). The van der Waals surface area contributed by atoms with Gasteiger partial charge in [-0.15, -0.1) is 0 Å². The van der Waals surface area contributed by atoms with Crippen LogP contribution in [0, 0.1) is 11.3 Å². The summed E-state index contributed by atoms with van der Waals surface area (Å²) in [5.74, 6) is 1.04. The SMILES string of the molecule is COc1ccccc1C=Nn1c(-c2ccccc2OC)cc2c(C#N)c(=O)n(-c3ccc(Cl)cc3)nc2c1=O. The summed E-state index contributed by atoms with van der Waals surface area (Å²) in [6.45, 7) is 0. The summed E-state index contributed by atoms with van der Waals surface area (Å²) >= 11 is 6.00. The molecule has 0 saturated heterocycles. The number of nitrogens with zero attached hydrogens (tertiary/aromatic N) is 5. The molecule has 0 aliphatic heterocycles. The third-order valence-electron chi connectivity index (χ3n) is 6.05. The van der Waals surface area contributed by atoms with Gasteiger partial charge in [-0.05, 0) is 54.6 Å². The molecule has 10 heteroatoms. The number of nitriles is 1. The number of aromatic nitrogens is 3. The van der Waals surface area contributed by atoms with Crippen LogP contribution in [0.1, 0.15) is 11.1 Å². The lowest BCUT2D eigenvalue weighted by atomic mass is 10.1. The summed E-state index contributed by atoms with van der Waals surface area (Å²) in [5.41, 5.74) is 0.155. The van der Waals surface area contributed by atoms with Crippen LogP contribution in [0.2, 0.25) is 5.02 Å². The summed E-state index contributed by atoms with van der Waals surface area (Å²) in [4.78, 5) is 27.3. The normalized spacial score (nSPS) is 11.0. The van der Waals surface area contributed by atoms with E-state index >= 15 is 0 Å². The predicted octanol–water partition coefficient (Wildman–Crippen LogP) is 4.64. The molecule has 0 aliphatic rings. The molecular weight excluding hydrogens is 518 g/mol. The van der Waals surface area contributed by atoms with Gasteiger partial charge in [-0.3, -0.25) is 9.59 Å². The first-order valence-electron chi connectivity index (χ1n) is 11.7. The molecule has 9 nitrogen and oxygen atoms in total. The van der Waals surface area contributed by atoms with Gasteiger partial charge in [0.1, 0.15) is 23.1 Å². The Morgan fingerprint density at radius 2 is 1.59 bits per heavy atom. The van der Waals surface area contributed by atoms with E-state index in [1.165, 1.54) is 13.3 Å². The van der Waals surface area contributed by atoms with E-state index in [9.17, 15) is 14.9 Å². The number of pyridine rings is 1. The van der Waals surface area contributed by atoms with Gasteiger partial charge in [0.15, 0.2) is 5.52 Å². The smallest absolute Gasteiger partial charge is 0.299 e. The maximum Gasteiger partial charge on any atom is 0.299 e. The van der Waals surface area contributed by atoms with Gasteiger partial charge in [0, 0.05) is 21.5 Å². The number of benzene rings is 3. The first-order valence-corrected chi connectivity index (χ1v) is 12.0. The Morgan fingerprint density at radius 1 is 0.923 bits per heavy atom. The fraction of sp³-hybridized carbons (Fsp3) is 0.0690. The molecule has 2 heterocycles. The monoisotopic (exact) mass is 537 g/mol. The molecular formula is C29H20ClN5O4. The van der Waals surface area contributed by atoms with E-state index in [0.717, 1.165) is 9.36 Å². The Hall–Kier alpha value is -5.20. The Labute approximate surface area is 227 Å². The number of rotatable bonds is 6. The first-order chi connectivity index (χ1) is 19.0. The van der Waals surface area contributed by atoms with Crippen molar-refractivity contribution in [2.24, 2.45) is 5.10 Å².